The number of nitrogens with zero attached hydrogens (tertiary/aromatic N) is 5. The predicted octanol–water partition coefficient (Wildman–Crippen LogP) is 6.51. The molecule has 0 spiro atoms. The highest BCUT2D eigenvalue weighted by molar-refractivity contribution is 7.12. The molecular formula is C32H38F3N5O3S. The number of piperidine rings is 1. The lowest BCUT2D eigenvalue weighted by atomic mass is 9.97. The van der Waals surface area contributed by atoms with E-state index in [0.717, 1.165) is 30.7 Å². The normalized spacial score (nSPS) is 18.1. The van der Waals surface area contributed by atoms with Gasteiger partial charge >= 0.3 is 12.1 Å². The first-order valence-corrected chi connectivity index (χ1v) is 16.1. The first-order valence-electron chi connectivity index (χ1n) is 15.2. The van der Waals surface area contributed by atoms with E-state index < -0.39 is 11.7 Å². The molecule has 2 aliphatic heterocycles. The molecule has 0 N–H and O–H groups in total. The molecule has 44 heavy (non-hydrogen) atoms. The maximum atomic E-state index is 13.8. The molecule has 0 unspecified atom stereocenters. The number of anilines is 1. The van der Waals surface area contributed by atoms with Gasteiger partial charge in [-0.15, -0.1) is 11.3 Å². The van der Waals surface area contributed by atoms with Crippen molar-refractivity contribution in [3.05, 3.63) is 57.3 Å². The smallest absolute Gasteiger partial charge is 0.416 e. The molecule has 3 aromatic rings. The average molecular weight is 630 g/mol. The number of likely N-dealkylation sites (tertiary alicyclic amines) is 1. The minimum atomic E-state index is -4.47. The fraction of sp³-hybridized carbons (Fsp3) is 0.531. The van der Waals surface area contributed by atoms with E-state index in [9.17, 15) is 22.8 Å². The summed E-state index contributed by atoms with van der Waals surface area (Å²) in [4.78, 5) is 44.1. The van der Waals surface area contributed by atoms with Crippen LogP contribution in [0.5, 0.6) is 0 Å². The summed E-state index contributed by atoms with van der Waals surface area (Å²) < 4.78 is 46.4. The fourth-order valence-electron chi connectivity index (χ4n) is 6.09. The number of halogens is 3. The van der Waals surface area contributed by atoms with E-state index in [-0.39, 0.29) is 35.3 Å². The van der Waals surface area contributed by atoms with E-state index >= 15 is 0 Å². The van der Waals surface area contributed by atoms with Gasteiger partial charge in [0.1, 0.15) is 16.5 Å². The molecule has 5 rings (SSSR count). The average Bonchev–Trinajstić information content (AvgIpc) is 3.63. The Balaban J connectivity index is 1.33. The summed E-state index contributed by atoms with van der Waals surface area (Å²) in [5, 5.41) is 0.535. The summed E-state index contributed by atoms with van der Waals surface area (Å²) in [5.41, 5.74) is 0.575. The standard InChI is InChI=1S/C32H38F3N5O3S/c1-4-23-7-6-12-40(23)19-27-30(22-9-8-20(3)24(15-22)32(33,34)35)38-29(44-27)16-26(41)25-17-37-28(18-36-25)39-13-10-21(11-14-39)31(42)43-5-2/h8-9,15,17-18,21,23H,4-7,10-14,16,19H2,1-3H3/t23-/m0/s1. The molecule has 4 heterocycles. The Morgan fingerprint density at radius 2 is 1.84 bits per heavy atom. The number of alkyl halides is 3. The highest BCUT2D eigenvalue weighted by Gasteiger charge is 2.33. The third-order valence-corrected chi connectivity index (χ3v) is 9.59. The Kier molecular flexibility index (Phi) is 9.99. The van der Waals surface area contributed by atoms with Gasteiger partial charge in [0.05, 0.1) is 42.6 Å². The number of ketones is 1. The Hall–Kier alpha value is -3.38. The topological polar surface area (TPSA) is 88.5 Å². The van der Waals surface area contributed by atoms with Crippen LogP contribution in [0.1, 0.15) is 77.5 Å². The van der Waals surface area contributed by atoms with E-state index in [0.29, 0.717) is 67.2 Å². The van der Waals surface area contributed by atoms with Crippen LogP contribution < -0.4 is 4.90 Å². The molecule has 2 saturated heterocycles. The van der Waals surface area contributed by atoms with E-state index in [1.54, 1.807) is 19.2 Å². The van der Waals surface area contributed by atoms with Crippen molar-refractivity contribution in [1.29, 1.82) is 0 Å². The molecule has 0 amide bonds. The second-order valence-electron chi connectivity index (χ2n) is 11.5. The van der Waals surface area contributed by atoms with Crippen molar-refractivity contribution in [2.45, 2.75) is 78.1 Å². The number of hydrogen-bond acceptors (Lipinski definition) is 9. The SMILES string of the molecule is CCOC(=O)C1CCN(c2cnc(C(=O)Cc3nc(-c4ccc(C)c(C(F)(F)F)c4)c(CN4CCC[C@@H]4CC)s3)cn2)CC1. The molecule has 1 atom stereocenters. The van der Waals surface area contributed by atoms with Crippen LogP contribution in [-0.2, 0) is 28.7 Å². The first-order chi connectivity index (χ1) is 21.1. The van der Waals surface area contributed by atoms with Gasteiger partial charge in [-0.2, -0.15) is 13.2 Å². The number of rotatable bonds is 10. The van der Waals surface area contributed by atoms with E-state index in [1.807, 2.05) is 4.90 Å². The fourth-order valence-corrected chi connectivity index (χ4v) is 7.21. The van der Waals surface area contributed by atoms with Crippen molar-refractivity contribution in [1.82, 2.24) is 19.9 Å². The van der Waals surface area contributed by atoms with Crippen molar-refractivity contribution in [3.63, 3.8) is 0 Å². The van der Waals surface area contributed by atoms with Crippen LogP contribution in [0.15, 0.2) is 30.6 Å². The van der Waals surface area contributed by atoms with Crippen LogP contribution >= 0.6 is 11.3 Å². The van der Waals surface area contributed by atoms with Gasteiger partial charge in [0.25, 0.3) is 0 Å². The third-order valence-electron chi connectivity index (χ3n) is 8.55. The summed E-state index contributed by atoms with van der Waals surface area (Å²) in [6.45, 7) is 8.55. The summed E-state index contributed by atoms with van der Waals surface area (Å²) in [5.74, 6) is 0.0934. The maximum absolute atomic E-state index is 13.8. The summed E-state index contributed by atoms with van der Waals surface area (Å²) in [6.07, 6.45) is 3.03. The number of carbonyl (C=O) groups is 2. The van der Waals surface area contributed by atoms with Gasteiger partial charge in [0.15, 0.2) is 5.78 Å². The maximum Gasteiger partial charge on any atom is 0.416 e. The number of aryl methyl sites for hydroxylation is 1. The Labute approximate surface area is 259 Å². The summed E-state index contributed by atoms with van der Waals surface area (Å²) >= 11 is 1.38. The minimum Gasteiger partial charge on any atom is -0.466 e. The molecule has 236 valence electrons. The molecular weight excluding hydrogens is 591 g/mol. The molecule has 0 radical (unpaired) electrons. The van der Waals surface area contributed by atoms with Crippen molar-refractivity contribution in [2.24, 2.45) is 5.92 Å². The van der Waals surface area contributed by atoms with Crippen LogP contribution in [0, 0.1) is 12.8 Å². The van der Waals surface area contributed by atoms with Crippen LogP contribution in [0.2, 0.25) is 0 Å². The van der Waals surface area contributed by atoms with Crippen molar-refractivity contribution in [2.75, 3.05) is 31.1 Å². The zero-order valence-corrected chi connectivity index (χ0v) is 26.1. The van der Waals surface area contributed by atoms with Gasteiger partial charge < -0.3 is 9.64 Å². The number of hydrogen-bond donors (Lipinski definition) is 0. The Morgan fingerprint density at radius 3 is 2.50 bits per heavy atom. The molecule has 0 bridgehead atoms. The highest BCUT2D eigenvalue weighted by atomic mass is 32.1. The van der Waals surface area contributed by atoms with Gasteiger partial charge in [-0.25, -0.2) is 15.0 Å². The molecule has 0 saturated carbocycles. The van der Waals surface area contributed by atoms with Gasteiger partial charge in [-0.05, 0) is 64.1 Å². The molecule has 0 aliphatic carbocycles. The number of ether oxygens (including phenoxy) is 1. The number of carbonyl (C=O) groups excluding carboxylic acids is 2. The van der Waals surface area contributed by atoms with Gasteiger partial charge in [-0.3, -0.25) is 14.5 Å². The minimum absolute atomic E-state index is 0.0220. The quantitative estimate of drug-likeness (QED) is 0.185. The molecule has 2 aromatic heterocycles. The number of thiazole rings is 1. The molecule has 1 aromatic carbocycles. The molecule has 8 nitrogen and oxygen atoms in total. The zero-order chi connectivity index (χ0) is 31.4. The van der Waals surface area contributed by atoms with Gasteiger partial charge in [-0.1, -0.05) is 19.1 Å². The summed E-state index contributed by atoms with van der Waals surface area (Å²) in [7, 11) is 0. The van der Waals surface area contributed by atoms with Crippen LogP contribution in [0.25, 0.3) is 11.3 Å². The van der Waals surface area contributed by atoms with Gasteiger partial charge in [0, 0.05) is 36.1 Å². The predicted molar refractivity (Wildman–Crippen MR) is 163 cm³/mol. The zero-order valence-electron chi connectivity index (χ0n) is 25.3. The van der Waals surface area contributed by atoms with Crippen LogP contribution in [-0.4, -0.2) is 63.9 Å². The highest BCUT2D eigenvalue weighted by Crippen LogP contribution is 2.38. The first kappa shape index (κ1) is 32.0. The van der Waals surface area contributed by atoms with E-state index in [4.69, 9.17) is 9.72 Å². The van der Waals surface area contributed by atoms with Crippen LogP contribution in [0.3, 0.4) is 0 Å². The molecule has 12 heteroatoms. The van der Waals surface area contributed by atoms with Crippen molar-refractivity contribution < 1.29 is 27.5 Å². The van der Waals surface area contributed by atoms with Crippen molar-refractivity contribution >= 4 is 28.9 Å². The van der Waals surface area contributed by atoms with Crippen LogP contribution in [0.4, 0.5) is 19.0 Å². The Bertz CT molecular complexity index is 1470. The number of esters is 1. The van der Waals surface area contributed by atoms with Gasteiger partial charge in [0.2, 0.25) is 0 Å². The second kappa shape index (κ2) is 13.7. The Morgan fingerprint density at radius 1 is 1.07 bits per heavy atom. The number of benzene rings is 1. The second-order valence-corrected chi connectivity index (χ2v) is 12.6. The van der Waals surface area contributed by atoms with E-state index in [2.05, 4.69) is 21.8 Å². The molecule has 2 aliphatic rings. The number of aromatic nitrogens is 3. The third kappa shape index (κ3) is 7.28. The summed E-state index contributed by atoms with van der Waals surface area (Å²) in [6, 6.07) is 4.74. The van der Waals surface area contributed by atoms with E-state index in [1.165, 1.54) is 36.6 Å². The van der Waals surface area contributed by atoms with Crippen molar-refractivity contribution in [3.8, 4) is 11.3 Å². The molecule has 2 fully saturated rings. The largest absolute Gasteiger partial charge is 0.466 e. The monoisotopic (exact) mass is 629 g/mol. The lowest BCUT2D eigenvalue weighted by Gasteiger charge is -2.31. The lowest BCUT2D eigenvalue weighted by Crippen LogP contribution is -2.37. The lowest BCUT2D eigenvalue weighted by molar-refractivity contribution is -0.148. The number of Topliss-reactive ketones (excluding diaryl/α,β-unsaturated/α-hetero) is 1.